The van der Waals surface area contributed by atoms with Gasteiger partial charge in [-0.1, -0.05) is 0 Å². The predicted molar refractivity (Wildman–Crippen MR) is 59.8 cm³/mol. The number of hydrogen-bond donors (Lipinski definition) is 0. The summed E-state index contributed by atoms with van der Waals surface area (Å²) in [7, 11) is -1.12. The van der Waals surface area contributed by atoms with E-state index in [1.807, 2.05) is 0 Å². The summed E-state index contributed by atoms with van der Waals surface area (Å²) in [5.74, 6) is 6.17. The molecule has 0 heterocycles. The van der Waals surface area contributed by atoms with Gasteiger partial charge in [-0.3, -0.25) is 0 Å². The van der Waals surface area contributed by atoms with Crippen molar-refractivity contribution in [1.82, 2.24) is 0 Å². The summed E-state index contributed by atoms with van der Waals surface area (Å²) in [6.45, 7) is 8.89. The third-order valence-electron chi connectivity index (χ3n) is 0.944. The molecule has 0 fully saturated rings. The Morgan fingerprint density at radius 2 is 1.83 bits per heavy atom. The first-order valence-corrected chi connectivity index (χ1v) is 9.72. The van der Waals surface area contributed by atoms with Gasteiger partial charge in [0.05, 0.1) is 0 Å². The molecule has 12 heavy (non-hydrogen) atoms. The zero-order chi connectivity index (χ0) is 9.45. The van der Waals surface area contributed by atoms with E-state index in [-0.39, 0.29) is 0 Å². The van der Waals surface area contributed by atoms with Crippen LogP contribution in [0.3, 0.4) is 0 Å². The molecule has 0 unspecified atom stereocenters. The van der Waals surface area contributed by atoms with Crippen molar-refractivity contribution in [1.29, 1.82) is 0 Å². The van der Waals surface area contributed by atoms with Gasteiger partial charge in [-0.2, -0.15) is 0 Å². The Balaban J connectivity index is 3.60. The molecule has 0 bridgehead atoms. The van der Waals surface area contributed by atoms with E-state index >= 15 is 0 Å². The third kappa shape index (κ3) is 9.86. The summed E-state index contributed by atoms with van der Waals surface area (Å²) < 4.78 is 0. The Labute approximate surface area is 83.7 Å². The molecule has 0 saturated carbocycles. The van der Waals surface area contributed by atoms with Crippen LogP contribution in [0.1, 0.15) is 13.3 Å². The van der Waals surface area contributed by atoms with Crippen molar-refractivity contribution >= 4 is 23.0 Å². The normalized spacial score (nSPS) is 9.33. The summed E-state index contributed by atoms with van der Waals surface area (Å²) in [5.41, 5.74) is 3.35. The van der Waals surface area contributed by atoms with Crippen molar-refractivity contribution in [2.24, 2.45) is 0 Å². The molecule has 0 aliphatic rings. The zero-order valence-electron chi connectivity index (χ0n) is 8.32. The molecule has 0 nitrogen and oxygen atoms in total. The molecule has 0 aliphatic carbocycles. The molecule has 0 aliphatic heterocycles. The molecule has 0 amide bonds. The SMILES string of the molecule is CCC#CC[Se]C#C[Si](C)(C)C. The minimum atomic E-state index is -1.12. The number of rotatable bonds is 1. The fourth-order valence-electron chi connectivity index (χ4n) is 0.437. The van der Waals surface area contributed by atoms with Gasteiger partial charge in [0.15, 0.2) is 0 Å². The first kappa shape index (κ1) is 11.9. The van der Waals surface area contributed by atoms with Crippen LogP contribution >= 0.6 is 0 Å². The van der Waals surface area contributed by atoms with Gasteiger partial charge in [-0.25, -0.2) is 0 Å². The standard InChI is InChI=1S/C10H16SeSi/c1-5-6-7-8-11-9-10-12(2,3)4/h5,8H2,1-4H3. The maximum absolute atomic E-state index is 3.35. The summed E-state index contributed by atoms with van der Waals surface area (Å²) >= 11 is 0.433. The second-order valence-corrected chi connectivity index (χ2v) is 9.86. The fraction of sp³-hybridized carbons (Fsp3) is 0.600. The van der Waals surface area contributed by atoms with E-state index in [9.17, 15) is 0 Å². The van der Waals surface area contributed by atoms with Gasteiger partial charge in [0, 0.05) is 0 Å². The van der Waals surface area contributed by atoms with E-state index in [1.54, 1.807) is 0 Å². The Morgan fingerprint density at radius 1 is 1.17 bits per heavy atom. The molecular weight excluding hydrogens is 227 g/mol. The van der Waals surface area contributed by atoms with Gasteiger partial charge in [-0.05, 0) is 0 Å². The topological polar surface area (TPSA) is 0 Å². The molecule has 66 valence electrons. The predicted octanol–water partition coefficient (Wildman–Crippen LogP) is 2.36. The Kier molecular flexibility index (Phi) is 6.30. The fourth-order valence-corrected chi connectivity index (χ4v) is 3.71. The van der Waals surface area contributed by atoms with Gasteiger partial charge >= 0.3 is 83.5 Å². The van der Waals surface area contributed by atoms with Gasteiger partial charge < -0.3 is 0 Å². The van der Waals surface area contributed by atoms with Gasteiger partial charge in [0.1, 0.15) is 0 Å². The van der Waals surface area contributed by atoms with E-state index in [1.165, 1.54) is 0 Å². The average Bonchev–Trinajstić information content (AvgIpc) is 1.94. The summed E-state index contributed by atoms with van der Waals surface area (Å²) in [6.07, 6.45) is 0.970. The van der Waals surface area contributed by atoms with Crippen LogP contribution < -0.4 is 0 Å². The van der Waals surface area contributed by atoms with Crippen LogP contribution in [-0.4, -0.2) is 23.0 Å². The average molecular weight is 243 g/mol. The van der Waals surface area contributed by atoms with Crippen LogP contribution in [-0.2, 0) is 0 Å². The van der Waals surface area contributed by atoms with E-state index in [0.717, 1.165) is 11.7 Å². The van der Waals surface area contributed by atoms with Crippen molar-refractivity contribution in [3.63, 3.8) is 0 Å². The second kappa shape index (κ2) is 6.38. The monoisotopic (exact) mass is 244 g/mol. The van der Waals surface area contributed by atoms with Crippen molar-refractivity contribution in [2.75, 3.05) is 0 Å². The molecule has 2 heteroatoms. The minimum absolute atomic E-state index is 0.433. The zero-order valence-corrected chi connectivity index (χ0v) is 11.0. The molecule has 0 aromatic rings. The van der Waals surface area contributed by atoms with Crippen molar-refractivity contribution in [3.05, 3.63) is 0 Å². The molecule has 0 N–H and O–H groups in total. The molecule has 0 spiro atoms. The van der Waals surface area contributed by atoms with Crippen LogP contribution in [0.4, 0.5) is 0 Å². The van der Waals surface area contributed by atoms with Crippen molar-refractivity contribution < 1.29 is 0 Å². The second-order valence-electron chi connectivity index (χ2n) is 3.47. The summed E-state index contributed by atoms with van der Waals surface area (Å²) in [6, 6.07) is 0. The molecular formula is C10H16SeSi. The molecule has 0 aromatic heterocycles. The van der Waals surface area contributed by atoms with Gasteiger partial charge in [0.2, 0.25) is 0 Å². The van der Waals surface area contributed by atoms with Crippen LogP contribution in [0.5, 0.6) is 0 Å². The van der Waals surface area contributed by atoms with E-state index in [2.05, 4.69) is 48.8 Å². The van der Waals surface area contributed by atoms with Crippen molar-refractivity contribution in [2.45, 2.75) is 38.3 Å². The Hall–Kier alpha value is -0.144. The Bertz CT molecular complexity index is 229. The molecule has 0 radical (unpaired) electrons. The Morgan fingerprint density at radius 3 is 2.33 bits per heavy atom. The third-order valence-corrected chi connectivity index (χ3v) is 3.35. The van der Waals surface area contributed by atoms with E-state index in [4.69, 9.17) is 0 Å². The van der Waals surface area contributed by atoms with Crippen LogP contribution in [0.2, 0.25) is 25.0 Å². The molecule has 0 atom stereocenters. The van der Waals surface area contributed by atoms with Gasteiger partial charge in [0.25, 0.3) is 0 Å². The van der Waals surface area contributed by atoms with Crippen molar-refractivity contribution in [3.8, 4) is 22.2 Å². The van der Waals surface area contributed by atoms with Gasteiger partial charge in [-0.15, -0.1) is 0 Å². The molecule has 0 rings (SSSR count). The van der Waals surface area contributed by atoms with Crippen LogP contribution in [0, 0.1) is 22.2 Å². The van der Waals surface area contributed by atoms with Crippen LogP contribution in [0.15, 0.2) is 0 Å². The van der Waals surface area contributed by atoms with E-state index in [0.29, 0.717) is 15.0 Å². The van der Waals surface area contributed by atoms with Crippen LogP contribution in [0.25, 0.3) is 0 Å². The van der Waals surface area contributed by atoms with E-state index < -0.39 is 8.07 Å². The molecule has 0 saturated heterocycles. The first-order chi connectivity index (χ1) is 5.56. The summed E-state index contributed by atoms with van der Waals surface area (Å²) in [4.78, 5) is 3.26. The first-order valence-electron chi connectivity index (χ1n) is 4.16. The quantitative estimate of drug-likeness (QED) is 0.377. The summed E-state index contributed by atoms with van der Waals surface area (Å²) in [5, 5.41) is 0.998. The number of hydrogen-bond acceptors (Lipinski definition) is 0. The molecule has 0 aromatic carbocycles. The maximum atomic E-state index is 3.35.